The molecule has 0 bridgehead atoms. The Kier molecular flexibility index (Phi) is 2.40. The maximum Gasteiger partial charge on any atom is 0.308 e. The van der Waals surface area contributed by atoms with Crippen molar-refractivity contribution in [3.8, 4) is 11.5 Å². The molecule has 0 radical (unpaired) electrons. The van der Waals surface area contributed by atoms with Crippen molar-refractivity contribution in [1.29, 1.82) is 0 Å². The molecule has 3 rings (SSSR count). The van der Waals surface area contributed by atoms with Gasteiger partial charge in [-0.1, -0.05) is 18.2 Å². The minimum Gasteiger partial charge on any atom is -0.245 e. The normalized spacial score (nSPS) is 11.1. The van der Waals surface area contributed by atoms with E-state index in [1.807, 2.05) is 13.0 Å². The van der Waals surface area contributed by atoms with Crippen LogP contribution in [0.1, 0.15) is 5.69 Å². The van der Waals surface area contributed by atoms with Gasteiger partial charge in [0.25, 0.3) is 0 Å². The van der Waals surface area contributed by atoms with Crippen LogP contribution in [0.15, 0.2) is 42.5 Å². The van der Waals surface area contributed by atoms with E-state index in [4.69, 9.17) is 0 Å². The monoisotopic (exact) mass is 238 g/mol. The van der Waals surface area contributed by atoms with E-state index in [0.717, 1.165) is 17.2 Å². The second-order valence-electron chi connectivity index (χ2n) is 4.59. The average molecular weight is 238 g/mol. The maximum absolute atomic E-state index is 4.62. The topological polar surface area (TPSA) is 21.7 Å². The van der Waals surface area contributed by atoms with Crippen molar-refractivity contribution >= 4 is 11.0 Å². The number of fused-ring (bicyclic) bond motifs is 1. The fourth-order valence-corrected chi connectivity index (χ4v) is 2.50. The highest BCUT2D eigenvalue weighted by Crippen LogP contribution is 2.19. The number of pyridine rings is 1. The molecule has 0 fully saturated rings. The van der Waals surface area contributed by atoms with E-state index in [0.29, 0.717) is 0 Å². The molecule has 0 spiro atoms. The molecule has 0 atom stereocenters. The lowest BCUT2D eigenvalue weighted by atomic mass is 10.3. The Morgan fingerprint density at radius 2 is 1.83 bits per heavy atom. The first-order valence-electron chi connectivity index (χ1n) is 6.06. The van der Waals surface area contributed by atoms with E-state index in [2.05, 4.69) is 64.6 Å². The molecule has 0 saturated heterocycles. The molecule has 3 heteroatoms. The molecule has 0 aliphatic rings. The van der Waals surface area contributed by atoms with Crippen LogP contribution < -0.4 is 4.57 Å². The van der Waals surface area contributed by atoms with Crippen molar-refractivity contribution in [3.05, 3.63) is 48.2 Å². The quantitative estimate of drug-likeness (QED) is 0.596. The number of benzene rings is 1. The summed E-state index contributed by atoms with van der Waals surface area (Å²) >= 11 is 0. The van der Waals surface area contributed by atoms with Crippen molar-refractivity contribution < 1.29 is 4.57 Å². The molecule has 0 aliphatic carbocycles. The van der Waals surface area contributed by atoms with Gasteiger partial charge in [0.15, 0.2) is 16.7 Å². The van der Waals surface area contributed by atoms with Crippen molar-refractivity contribution in [3.63, 3.8) is 0 Å². The predicted octanol–water partition coefficient (Wildman–Crippen LogP) is 2.37. The lowest BCUT2D eigenvalue weighted by Gasteiger charge is -1.99. The van der Waals surface area contributed by atoms with E-state index in [1.165, 1.54) is 11.0 Å². The summed E-state index contributed by atoms with van der Waals surface area (Å²) in [4.78, 5) is 4.62. The summed E-state index contributed by atoms with van der Waals surface area (Å²) < 4.78 is 4.38. The third-order valence-corrected chi connectivity index (χ3v) is 3.36. The number of imidazole rings is 1. The number of aromatic nitrogens is 3. The van der Waals surface area contributed by atoms with E-state index in [1.54, 1.807) is 0 Å². The van der Waals surface area contributed by atoms with Crippen molar-refractivity contribution in [1.82, 2.24) is 9.55 Å². The van der Waals surface area contributed by atoms with Gasteiger partial charge in [-0.3, -0.25) is 0 Å². The van der Waals surface area contributed by atoms with Crippen LogP contribution >= 0.6 is 0 Å². The standard InChI is InChI=1S/C15H16N3/c1-11-7-6-8-12(16-11)15-17(2)13-9-4-5-10-14(13)18(15)3/h4-10H,1-3H3/q+1. The van der Waals surface area contributed by atoms with Crippen LogP contribution in [-0.2, 0) is 14.1 Å². The number of aryl methyl sites for hydroxylation is 3. The van der Waals surface area contributed by atoms with Crippen LogP contribution in [-0.4, -0.2) is 9.55 Å². The molecule has 1 aromatic carbocycles. The van der Waals surface area contributed by atoms with Gasteiger partial charge in [0.1, 0.15) is 0 Å². The zero-order valence-electron chi connectivity index (χ0n) is 10.9. The van der Waals surface area contributed by atoms with Gasteiger partial charge in [0.2, 0.25) is 0 Å². The molecule has 18 heavy (non-hydrogen) atoms. The van der Waals surface area contributed by atoms with Crippen molar-refractivity contribution in [2.45, 2.75) is 6.92 Å². The van der Waals surface area contributed by atoms with Gasteiger partial charge < -0.3 is 0 Å². The largest absolute Gasteiger partial charge is 0.308 e. The molecule has 2 aromatic heterocycles. The van der Waals surface area contributed by atoms with Gasteiger partial charge in [0.05, 0.1) is 14.1 Å². The Balaban J connectivity index is 2.36. The second-order valence-corrected chi connectivity index (χ2v) is 4.59. The van der Waals surface area contributed by atoms with Gasteiger partial charge in [-0.2, -0.15) is 0 Å². The Labute approximate surface area is 106 Å². The third-order valence-electron chi connectivity index (χ3n) is 3.36. The zero-order valence-corrected chi connectivity index (χ0v) is 10.9. The Morgan fingerprint density at radius 1 is 1.06 bits per heavy atom. The number of rotatable bonds is 1. The molecule has 0 unspecified atom stereocenters. The van der Waals surface area contributed by atoms with Crippen LogP contribution in [0.25, 0.3) is 22.6 Å². The van der Waals surface area contributed by atoms with Gasteiger partial charge in [-0.25, -0.2) is 14.1 Å². The number of hydrogen-bond acceptors (Lipinski definition) is 1. The molecule has 3 aromatic rings. The van der Waals surface area contributed by atoms with Gasteiger partial charge in [0, 0.05) is 5.69 Å². The summed E-state index contributed by atoms with van der Waals surface area (Å²) in [6.45, 7) is 2.02. The Hall–Kier alpha value is -2.16. The molecular formula is C15H16N3+. The maximum atomic E-state index is 4.62. The van der Waals surface area contributed by atoms with Gasteiger partial charge in [-0.15, -0.1) is 0 Å². The highest BCUT2D eigenvalue weighted by Gasteiger charge is 2.22. The summed E-state index contributed by atoms with van der Waals surface area (Å²) in [5.41, 5.74) is 4.49. The third kappa shape index (κ3) is 1.51. The first-order chi connectivity index (χ1) is 8.68. The van der Waals surface area contributed by atoms with Crippen molar-refractivity contribution in [2.24, 2.45) is 14.1 Å². The molecule has 0 aliphatic heterocycles. The molecular weight excluding hydrogens is 222 g/mol. The van der Waals surface area contributed by atoms with E-state index in [9.17, 15) is 0 Å². The second kappa shape index (κ2) is 3.95. The molecule has 0 saturated carbocycles. The lowest BCUT2D eigenvalue weighted by molar-refractivity contribution is -0.634. The smallest absolute Gasteiger partial charge is 0.245 e. The van der Waals surface area contributed by atoms with E-state index < -0.39 is 0 Å². The van der Waals surface area contributed by atoms with Crippen LogP contribution in [0.3, 0.4) is 0 Å². The predicted molar refractivity (Wildman–Crippen MR) is 72.1 cm³/mol. The summed E-state index contributed by atoms with van der Waals surface area (Å²) in [6, 6.07) is 14.5. The summed E-state index contributed by atoms with van der Waals surface area (Å²) in [7, 11) is 4.17. The Bertz CT molecular complexity index is 687. The first-order valence-corrected chi connectivity index (χ1v) is 6.06. The Morgan fingerprint density at radius 3 is 2.56 bits per heavy atom. The van der Waals surface area contributed by atoms with E-state index >= 15 is 0 Å². The summed E-state index contributed by atoms with van der Waals surface area (Å²) in [6.07, 6.45) is 0. The fourth-order valence-electron chi connectivity index (χ4n) is 2.50. The van der Waals surface area contributed by atoms with Crippen molar-refractivity contribution in [2.75, 3.05) is 0 Å². The minimum atomic E-state index is 1.01. The zero-order chi connectivity index (χ0) is 12.7. The number of para-hydroxylation sites is 2. The lowest BCUT2D eigenvalue weighted by Crippen LogP contribution is -2.30. The molecule has 3 nitrogen and oxygen atoms in total. The summed E-state index contributed by atoms with van der Waals surface area (Å²) in [5, 5.41) is 0. The average Bonchev–Trinajstić information content (AvgIpc) is 2.63. The van der Waals surface area contributed by atoms with E-state index in [-0.39, 0.29) is 0 Å². The molecule has 2 heterocycles. The van der Waals surface area contributed by atoms with Gasteiger partial charge in [-0.05, 0) is 31.2 Å². The highest BCUT2D eigenvalue weighted by atomic mass is 15.2. The SMILES string of the molecule is Cc1cccc(-c2n(C)c3ccccc3[n+]2C)n1. The van der Waals surface area contributed by atoms with Crippen LogP contribution in [0, 0.1) is 6.92 Å². The fraction of sp³-hybridized carbons (Fsp3) is 0.200. The highest BCUT2D eigenvalue weighted by molar-refractivity contribution is 5.75. The number of hydrogen-bond donors (Lipinski definition) is 0. The van der Waals surface area contributed by atoms with Gasteiger partial charge >= 0.3 is 5.82 Å². The van der Waals surface area contributed by atoms with Crippen LogP contribution in [0.4, 0.5) is 0 Å². The molecule has 90 valence electrons. The molecule has 0 N–H and O–H groups in total. The van der Waals surface area contributed by atoms with Crippen LogP contribution in [0.5, 0.6) is 0 Å². The number of nitrogens with zero attached hydrogens (tertiary/aromatic N) is 3. The minimum absolute atomic E-state index is 1.01. The first kappa shape index (κ1) is 11.0. The van der Waals surface area contributed by atoms with Crippen LogP contribution in [0.2, 0.25) is 0 Å². The summed E-state index contributed by atoms with van der Waals surface area (Å²) in [5.74, 6) is 1.12. The molecule has 0 amide bonds.